The molecule has 130 valence electrons. The molecule has 0 aromatic carbocycles. The highest BCUT2D eigenvalue weighted by Crippen LogP contribution is 2.29. The number of carbonyl (C=O) groups excluding carboxylic acids is 1. The maximum absolute atomic E-state index is 10.6. The van der Waals surface area contributed by atoms with E-state index in [1.54, 1.807) is 0 Å². The summed E-state index contributed by atoms with van der Waals surface area (Å²) in [5.41, 5.74) is -0.286. The van der Waals surface area contributed by atoms with Crippen LogP contribution in [0.1, 0.15) is 31.9 Å². The number of ether oxygens (including phenoxy) is 4. The van der Waals surface area contributed by atoms with E-state index in [1.807, 2.05) is 0 Å². The highest BCUT2D eigenvalue weighted by atomic mass is 16.6. The van der Waals surface area contributed by atoms with Crippen LogP contribution < -0.4 is 18.9 Å². The van der Waals surface area contributed by atoms with E-state index in [2.05, 4.69) is 9.97 Å². The summed E-state index contributed by atoms with van der Waals surface area (Å²) in [5, 5.41) is 8.69. The molecule has 9 nitrogen and oxygen atoms in total. The standard InChI is InChI=1S/C8H7NO4.C8H7NO3/c10-8(11)5-3-6-7(4-9-5)13-2-1-12-6;10-5-6-3-7-8(4-9-6)12-2-1-11-7/h3-4H,1-2H2,(H,10,11);3-5H,1-2H2/i2*1D2,2D2. The summed E-state index contributed by atoms with van der Waals surface area (Å²) in [6.45, 7) is -10.6. The van der Waals surface area contributed by atoms with Crippen LogP contribution in [0.5, 0.6) is 23.0 Å². The first-order chi connectivity index (χ1) is 15.1. The van der Waals surface area contributed by atoms with Crippen molar-refractivity contribution in [2.24, 2.45) is 0 Å². The highest BCUT2D eigenvalue weighted by Gasteiger charge is 2.15. The maximum Gasteiger partial charge on any atom is 0.354 e. The van der Waals surface area contributed by atoms with Crippen molar-refractivity contribution < 1.29 is 44.6 Å². The molecule has 2 aliphatic rings. The van der Waals surface area contributed by atoms with Gasteiger partial charge < -0.3 is 24.1 Å². The van der Waals surface area contributed by atoms with Crippen molar-refractivity contribution >= 4 is 12.3 Å². The Kier molecular flexibility index (Phi) is 2.75. The largest absolute Gasteiger partial charge is 0.486 e. The Balaban J connectivity index is 0.000000186. The van der Waals surface area contributed by atoms with Crippen molar-refractivity contribution in [3.8, 4) is 23.0 Å². The minimum atomic E-state index is -2.71. The van der Waals surface area contributed by atoms with Crippen molar-refractivity contribution in [1.82, 2.24) is 9.97 Å². The van der Waals surface area contributed by atoms with Gasteiger partial charge in [0.05, 0.1) is 23.4 Å². The van der Waals surface area contributed by atoms with Crippen LogP contribution in [-0.4, -0.2) is 53.6 Å². The monoisotopic (exact) mass is 354 g/mol. The van der Waals surface area contributed by atoms with Gasteiger partial charge in [-0.25, -0.2) is 14.8 Å². The lowest BCUT2D eigenvalue weighted by Crippen LogP contribution is -2.16. The van der Waals surface area contributed by atoms with Crippen LogP contribution in [-0.2, 0) is 0 Å². The molecule has 4 rings (SSSR count). The van der Waals surface area contributed by atoms with Crippen LogP contribution in [0.4, 0.5) is 0 Å². The summed E-state index contributed by atoms with van der Waals surface area (Å²) in [4.78, 5) is 28.3. The number of hydrogen-bond acceptors (Lipinski definition) is 8. The molecule has 0 amide bonds. The number of aromatic nitrogens is 2. The van der Waals surface area contributed by atoms with E-state index in [0.717, 1.165) is 18.5 Å². The molecule has 0 saturated carbocycles. The van der Waals surface area contributed by atoms with Gasteiger partial charge in [-0.05, 0) is 0 Å². The lowest BCUT2D eigenvalue weighted by atomic mass is 10.3. The normalized spacial score (nSPS) is 26.7. The molecule has 0 aliphatic carbocycles. The molecule has 9 heteroatoms. The molecular formula is C16H14N2O7. The zero-order valence-corrected chi connectivity index (χ0v) is 12.2. The van der Waals surface area contributed by atoms with Crippen LogP contribution in [0, 0.1) is 0 Å². The fourth-order valence-corrected chi connectivity index (χ4v) is 1.66. The Labute approximate surface area is 153 Å². The lowest BCUT2D eigenvalue weighted by molar-refractivity contribution is 0.0688. The molecular weight excluding hydrogens is 332 g/mol. The highest BCUT2D eigenvalue weighted by molar-refractivity contribution is 5.86. The van der Waals surface area contributed by atoms with Gasteiger partial charge in [0.1, 0.15) is 31.9 Å². The number of pyridine rings is 2. The van der Waals surface area contributed by atoms with Crippen LogP contribution in [0.2, 0.25) is 0 Å². The predicted octanol–water partition coefficient (Wildman–Crippen LogP) is 1.22. The van der Waals surface area contributed by atoms with Gasteiger partial charge in [0.2, 0.25) is 0 Å². The van der Waals surface area contributed by atoms with Crippen LogP contribution in [0.3, 0.4) is 0 Å². The van der Waals surface area contributed by atoms with Gasteiger partial charge in [-0.15, -0.1) is 0 Å². The van der Waals surface area contributed by atoms with Gasteiger partial charge in [-0.2, -0.15) is 0 Å². The maximum atomic E-state index is 10.6. The van der Waals surface area contributed by atoms with Crippen LogP contribution >= 0.6 is 0 Å². The molecule has 2 aliphatic heterocycles. The average Bonchev–Trinajstić information content (AvgIpc) is 2.68. The molecule has 0 radical (unpaired) electrons. The Morgan fingerprint density at radius 3 is 2.04 bits per heavy atom. The number of rotatable bonds is 2. The third-order valence-corrected chi connectivity index (χ3v) is 2.75. The lowest BCUT2D eigenvalue weighted by Gasteiger charge is -2.17. The van der Waals surface area contributed by atoms with E-state index in [0.29, 0.717) is 6.29 Å². The number of nitrogens with zero attached hydrogens (tertiary/aromatic N) is 2. The van der Waals surface area contributed by atoms with Gasteiger partial charge >= 0.3 is 5.97 Å². The van der Waals surface area contributed by atoms with Crippen LogP contribution in [0.15, 0.2) is 24.5 Å². The predicted molar refractivity (Wildman–Crippen MR) is 82.8 cm³/mol. The second kappa shape index (κ2) is 7.47. The summed E-state index contributed by atoms with van der Waals surface area (Å²) in [7, 11) is 0. The molecule has 0 bridgehead atoms. The minimum Gasteiger partial charge on any atom is -0.486 e. The minimum absolute atomic E-state index is 0.0364. The van der Waals surface area contributed by atoms with Gasteiger partial charge in [-0.3, -0.25) is 4.79 Å². The van der Waals surface area contributed by atoms with Crippen molar-refractivity contribution in [3.05, 3.63) is 35.9 Å². The van der Waals surface area contributed by atoms with E-state index in [9.17, 15) is 9.59 Å². The van der Waals surface area contributed by atoms with Crippen molar-refractivity contribution in [3.63, 3.8) is 0 Å². The number of aldehydes is 1. The Morgan fingerprint density at radius 1 is 0.960 bits per heavy atom. The third kappa shape index (κ3) is 3.94. The number of carboxylic acids is 1. The third-order valence-electron chi connectivity index (χ3n) is 2.75. The van der Waals surface area contributed by atoms with E-state index in [4.69, 9.17) is 35.0 Å². The Bertz CT molecular complexity index is 1110. The first-order valence-electron chi connectivity index (χ1n) is 10.5. The molecule has 25 heavy (non-hydrogen) atoms. The topological polar surface area (TPSA) is 117 Å². The summed E-state index contributed by atoms with van der Waals surface area (Å²) < 4.78 is 77.6. The van der Waals surface area contributed by atoms with E-state index >= 15 is 0 Å². The summed E-state index contributed by atoms with van der Waals surface area (Å²) >= 11 is 0. The summed E-state index contributed by atoms with van der Waals surface area (Å²) in [5.74, 6) is -1.72. The Morgan fingerprint density at radius 2 is 1.48 bits per heavy atom. The van der Waals surface area contributed by atoms with Crippen molar-refractivity contribution in [2.45, 2.75) is 0 Å². The first-order valence-corrected chi connectivity index (χ1v) is 6.53. The van der Waals surface area contributed by atoms with Gasteiger partial charge in [0.25, 0.3) is 0 Å². The quantitative estimate of drug-likeness (QED) is 0.794. The van der Waals surface area contributed by atoms with Crippen molar-refractivity contribution in [2.75, 3.05) is 26.2 Å². The summed E-state index contributed by atoms with van der Waals surface area (Å²) in [6.07, 6.45) is 2.57. The van der Waals surface area contributed by atoms with Gasteiger partial charge in [0, 0.05) is 12.1 Å². The fraction of sp³-hybridized carbons (Fsp3) is 0.250. The van der Waals surface area contributed by atoms with E-state index < -0.39 is 32.2 Å². The zero-order chi connectivity index (χ0) is 24.8. The second-order valence-corrected chi connectivity index (χ2v) is 4.31. The van der Waals surface area contributed by atoms with Crippen molar-refractivity contribution in [1.29, 1.82) is 0 Å². The zero-order valence-electron chi connectivity index (χ0n) is 20.2. The molecule has 1 N–H and O–H groups in total. The average molecular weight is 354 g/mol. The number of hydrogen-bond donors (Lipinski definition) is 1. The SMILES string of the molecule is [2H]C1([2H])Oc2cnc(C(=O)O)cc2OC1([2H])[2H].[2H]C1([2H])Oc2cnc(C=O)cc2OC1([2H])[2H]. The van der Waals surface area contributed by atoms with Crippen LogP contribution in [0.25, 0.3) is 0 Å². The molecule has 4 heterocycles. The molecule has 2 aromatic heterocycles. The number of aromatic carboxylic acids is 1. The molecule has 2 aromatic rings. The van der Waals surface area contributed by atoms with Gasteiger partial charge in [0.15, 0.2) is 35.0 Å². The molecule has 0 saturated heterocycles. The first kappa shape index (κ1) is 9.21. The molecule has 0 fully saturated rings. The smallest absolute Gasteiger partial charge is 0.354 e. The molecule has 0 spiro atoms. The Hall–Kier alpha value is -3.36. The number of fused-ring (bicyclic) bond motifs is 2. The fourth-order valence-electron chi connectivity index (χ4n) is 1.66. The van der Waals surface area contributed by atoms with E-state index in [-0.39, 0.29) is 34.4 Å². The summed E-state index contributed by atoms with van der Waals surface area (Å²) in [6, 6.07) is 2.17. The van der Waals surface area contributed by atoms with Gasteiger partial charge in [-0.1, -0.05) is 0 Å². The number of carbonyl (C=O) groups is 2. The number of carboxylic acid groups (broad SMARTS) is 1. The molecule has 0 unspecified atom stereocenters. The second-order valence-electron chi connectivity index (χ2n) is 4.31. The molecule has 0 atom stereocenters. The van der Waals surface area contributed by atoms with E-state index in [1.165, 1.54) is 6.07 Å².